The van der Waals surface area contributed by atoms with E-state index in [9.17, 15) is 4.79 Å². The summed E-state index contributed by atoms with van der Waals surface area (Å²) in [5.74, 6) is 0.747. The molecule has 1 aromatic heterocycles. The normalized spacial score (nSPS) is 11.4. The Balaban J connectivity index is 1.94. The summed E-state index contributed by atoms with van der Waals surface area (Å²) in [4.78, 5) is 10.6. The number of carboxylic acid groups (broad SMARTS) is 1. The van der Waals surface area contributed by atoms with E-state index in [1.807, 2.05) is 20.8 Å². The minimum atomic E-state index is -0.857. The highest BCUT2D eigenvalue weighted by Crippen LogP contribution is 2.21. The number of rotatable bonds is 5. The number of ether oxygens (including phenoxy) is 1. The molecule has 112 valence electrons. The molecule has 0 radical (unpaired) electrons. The number of hydrogen-bond acceptors (Lipinski definition) is 5. The standard InChI is InChI=1S/C15H18N2O4/c1-15(2,3)14-17-16-12(21-14)9-20-11-6-4-10(5-7-11)8-13(18)19/h4-7H,8-9H2,1-3H3,(H,18,19). The van der Waals surface area contributed by atoms with E-state index in [1.165, 1.54) is 0 Å². The molecule has 2 aromatic rings. The first-order valence-electron chi connectivity index (χ1n) is 6.61. The monoisotopic (exact) mass is 290 g/mol. The van der Waals surface area contributed by atoms with E-state index in [0.29, 0.717) is 17.5 Å². The molecule has 1 heterocycles. The van der Waals surface area contributed by atoms with Crippen LogP contribution in [0.5, 0.6) is 5.75 Å². The number of nitrogens with zero attached hydrogens (tertiary/aromatic N) is 2. The van der Waals surface area contributed by atoms with Gasteiger partial charge in [0, 0.05) is 5.41 Å². The maximum atomic E-state index is 10.6. The van der Waals surface area contributed by atoms with Crippen molar-refractivity contribution in [3.8, 4) is 5.75 Å². The van der Waals surface area contributed by atoms with Crippen LogP contribution in [0.1, 0.15) is 38.1 Å². The molecular weight excluding hydrogens is 272 g/mol. The highest BCUT2D eigenvalue weighted by Gasteiger charge is 2.21. The minimum absolute atomic E-state index is 0.00111. The van der Waals surface area contributed by atoms with E-state index in [-0.39, 0.29) is 18.4 Å². The van der Waals surface area contributed by atoms with Crippen molar-refractivity contribution in [3.05, 3.63) is 41.6 Å². The Morgan fingerprint density at radius 2 is 1.90 bits per heavy atom. The van der Waals surface area contributed by atoms with Crippen LogP contribution in [-0.4, -0.2) is 21.3 Å². The zero-order valence-electron chi connectivity index (χ0n) is 12.3. The van der Waals surface area contributed by atoms with Gasteiger partial charge >= 0.3 is 5.97 Å². The summed E-state index contributed by atoms with van der Waals surface area (Å²) in [6.07, 6.45) is -0.00111. The molecule has 0 spiro atoms. The van der Waals surface area contributed by atoms with Crippen molar-refractivity contribution in [1.29, 1.82) is 0 Å². The molecule has 0 unspecified atom stereocenters. The van der Waals surface area contributed by atoms with Gasteiger partial charge < -0.3 is 14.3 Å². The van der Waals surface area contributed by atoms with Crippen LogP contribution < -0.4 is 4.74 Å². The molecule has 0 atom stereocenters. The summed E-state index contributed by atoms with van der Waals surface area (Å²) in [6, 6.07) is 6.88. The van der Waals surface area contributed by atoms with Crippen LogP contribution in [0.2, 0.25) is 0 Å². The molecule has 0 aliphatic rings. The van der Waals surface area contributed by atoms with Gasteiger partial charge in [0.15, 0.2) is 6.61 Å². The summed E-state index contributed by atoms with van der Waals surface area (Å²) < 4.78 is 11.1. The van der Waals surface area contributed by atoms with Crippen molar-refractivity contribution < 1.29 is 19.1 Å². The molecule has 6 heteroatoms. The maximum absolute atomic E-state index is 10.6. The molecule has 0 fully saturated rings. The van der Waals surface area contributed by atoms with E-state index in [2.05, 4.69) is 10.2 Å². The highest BCUT2D eigenvalue weighted by molar-refractivity contribution is 5.70. The fourth-order valence-electron chi connectivity index (χ4n) is 1.64. The molecule has 0 bridgehead atoms. The predicted octanol–water partition coefficient (Wildman–Crippen LogP) is 2.57. The fourth-order valence-corrected chi connectivity index (χ4v) is 1.64. The Morgan fingerprint density at radius 3 is 2.43 bits per heavy atom. The molecule has 1 aromatic carbocycles. The lowest BCUT2D eigenvalue weighted by molar-refractivity contribution is -0.136. The molecule has 0 saturated carbocycles. The van der Waals surface area contributed by atoms with Crippen LogP contribution >= 0.6 is 0 Å². The average Bonchev–Trinajstić information content (AvgIpc) is 2.86. The second-order valence-corrected chi connectivity index (χ2v) is 5.75. The largest absolute Gasteiger partial charge is 0.484 e. The van der Waals surface area contributed by atoms with Gasteiger partial charge in [0.1, 0.15) is 5.75 Å². The van der Waals surface area contributed by atoms with Crippen LogP contribution in [0.25, 0.3) is 0 Å². The Hall–Kier alpha value is -2.37. The molecule has 0 aliphatic carbocycles. The number of aliphatic carboxylic acids is 1. The van der Waals surface area contributed by atoms with Gasteiger partial charge in [-0.2, -0.15) is 0 Å². The average molecular weight is 290 g/mol. The molecule has 0 saturated heterocycles. The summed E-state index contributed by atoms with van der Waals surface area (Å²) in [7, 11) is 0. The van der Waals surface area contributed by atoms with E-state index in [4.69, 9.17) is 14.3 Å². The van der Waals surface area contributed by atoms with Crippen LogP contribution in [0.3, 0.4) is 0 Å². The van der Waals surface area contributed by atoms with E-state index >= 15 is 0 Å². The Bertz CT molecular complexity index is 611. The highest BCUT2D eigenvalue weighted by atomic mass is 16.5. The Morgan fingerprint density at radius 1 is 1.24 bits per heavy atom. The Kier molecular flexibility index (Phi) is 4.26. The van der Waals surface area contributed by atoms with Crippen molar-refractivity contribution in [2.75, 3.05) is 0 Å². The van der Waals surface area contributed by atoms with Gasteiger partial charge in [-0.1, -0.05) is 32.9 Å². The molecule has 1 N–H and O–H groups in total. The van der Waals surface area contributed by atoms with Crippen molar-refractivity contribution in [1.82, 2.24) is 10.2 Å². The summed E-state index contributed by atoms with van der Waals surface area (Å²) in [5, 5.41) is 16.6. The van der Waals surface area contributed by atoms with Crippen LogP contribution in [-0.2, 0) is 23.2 Å². The summed E-state index contributed by atoms with van der Waals surface area (Å²) in [5.41, 5.74) is 0.534. The van der Waals surface area contributed by atoms with Gasteiger partial charge in [0.25, 0.3) is 5.89 Å². The lowest BCUT2D eigenvalue weighted by Gasteiger charge is -2.11. The zero-order valence-corrected chi connectivity index (χ0v) is 12.3. The third-order valence-electron chi connectivity index (χ3n) is 2.75. The third-order valence-corrected chi connectivity index (χ3v) is 2.75. The smallest absolute Gasteiger partial charge is 0.307 e. The molecular formula is C15H18N2O4. The predicted molar refractivity (Wildman–Crippen MR) is 75.1 cm³/mol. The van der Waals surface area contributed by atoms with Crippen molar-refractivity contribution >= 4 is 5.97 Å². The van der Waals surface area contributed by atoms with Crippen molar-refractivity contribution in [2.24, 2.45) is 0 Å². The fraction of sp³-hybridized carbons (Fsp3) is 0.400. The van der Waals surface area contributed by atoms with Gasteiger partial charge in [0.05, 0.1) is 6.42 Å². The van der Waals surface area contributed by atoms with E-state index < -0.39 is 5.97 Å². The van der Waals surface area contributed by atoms with Crippen molar-refractivity contribution in [3.63, 3.8) is 0 Å². The SMILES string of the molecule is CC(C)(C)c1nnc(COc2ccc(CC(=O)O)cc2)o1. The van der Waals surface area contributed by atoms with Gasteiger partial charge in [0.2, 0.25) is 5.89 Å². The van der Waals surface area contributed by atoms with Crippen LogP contribution in [0.4, 0.5) is 0 Å². The van der Waals surface area contributed by atoms with Crippen LogP contribution in [0.15, 0.2) is 28.7 Å². The molecule has 0 aliphatic heterocycles. The second-order valence-electron chi connectivity index (χ2n) is 5.75. The molecule has 21 heavy (non-hydrogen) atoms. The van der Waals surface area contributed by atoms with E-state index in [0.717, 1.165) is 5.56 Å². The molecule has 6 nitrogen and oxygen atoms in total. The maximum Gasteiger partial charge on any atom is 0.307 e. The van der Waals surface area contributed by atoms with Gasteiger partial charge in [-0.25, -0.2) is 0 Å². The van der Waals surface area contributed by atoms with Gasteiger partial charge in [-0.15, -0.1) is 10.2 Å². The number of benzene rings is 1. The summed E-state index contributed by atoms with van der Waals surface area (Å²) in [6.45, 7) is 6.16. The first-order valence-corrected chi connectivity index (χ1v) is 6.61. The van der Waals surface area contributed by atoms with Gasteiger partial charge in [-0.3, -0.25) is 4.79 Å². The quantitative estimate of drug-likeness (QED) is 0.910. The van der Waals surface area contributed by atoms with Gasteiger partial charge in [-0.05, 0) is 17.7 Å². The number of carboxylic acids is 1. The first kappa shape index (κ1) is 15.0. The lowest BCUT2D eigenvalue weighted by atomic mass is 9.97. The Labute approximate surface area is 122 Å². The second kappa shape index (κ2) is 5.95. The minimum Gasteiger partial charge on any atom is -0.484 e. The molecule has 2 rings (SSSR count). The third kappa shape index (κ3) is 4.30. The first-order chi connectivity index (χ1) is 9.84. The zero-order chi connectivity index (χ0) is 15.5. The number of aromatic nitrogens is 2. The molecule has 0 amide bonds. The number of hydrogen-bond donors (Lipinski definition) is 1. The number of carbonyl (C=O) groups is 1. The lowest BCUT2D eigenvalue weighted by Crippen LogP contribution is -2.11. The topological polar surface area (TPSA) is 85.5 Å². The summed E-state index contributed by atoms with van der Waals surface area (Å²) >= 11 is 0. The van der Waals surface area contributed by atoms with Crippen LogP contribution in [0, 0.1) is 0 Å². The van der Waals surface area contributed by atoms with E-state index in [1.54, 1.807) is 24.3 Å². The van der Waals surface area contributed by atoms with Crippen molar-refractivity contribution in [2.45, 2.75) is 39.2 Å².